The van der Waals surface area contributed by atoms with Crippen molar-refractivity contribution in [2.24, 2.45) is 0 Å². The molecule has 122 valence electrons. The van der Waals surface area contributed by atoms with Crippen LogP contribution in [0.15, 0.2) is 54.6 Å². The Morgan fingerprint density at radius 3 is 2.71 bits per heavy atom. The Morgan fingerprint density at radius 2 is 1.96 bits per heavy atom. The summed E-state index contributed by atoms with van der Waals surface area (Å²) in [5, 5.41) is 12.1. The molecule has 1 aliphatic carbocycles. The predicted octanol–water partition coefficient (Wildman–Crippen LogP) is 3.21. The van der Waals surface area contributed by atoms with E-state index >= 15 is 0 Å². The monoisotopic (exact) mass is 321 g/mol. The second-order valence-electron chi connectivity index (χ2n) is 6.03. The second-order valence-corrected chi connectivity index (χ2v) is 6.03. The van der Waals surface area contributed by atoms with Crippen molar-refractivity contribution in [1.29, 1.82) is 0 Å². The number of carboxylic acid groups (broad SMARTS) is 1. The zero-order chi connectivity index (χ0) is 17.1. The van der Waals surface area contributed by atoms with E-state index in [2.05, 4.69) is 5.32 Å². The molecule has 0 unspecified atom stereocenters. The van der Waals surface area contributed by atoms with Crippen molar-refractivity contribution in [3.05, 3.63) is 76.9 Å². The highest BCUT2D eigenvalue weighted by atomic mass is 16.4. The lowest BCUT2D eigenvalue weighted by atomic mass is 9.99. The van der Waals surface area contributed by atoms with Gasteiger partial charge in [-0.1, -0.05) is 48.0 Å². The van der Waals surface area contributed by atoms with Crippen LogP contribution in [0.3, 0.4) is 0 Å². The van der Waals surface area contributed by atoms with E-state index in [-0.39, 0.29) is 12.3 Å². The number of allylic oxidation sites excluding steroid dienone is 1. The van der Waals surface area contributed by atoms with Crippen LogP contribution in [-0.4, -0.2) is 23.0 Å². The summed E-state index contributed by atoms with van der Waals surface area (Å²) < 4.78 is 0. The van der Waals surface area contributed by atoms with Gasteiger partial charge in [-0.05, 0) is 42.2 Å². The third-order valence-electron chi connectivity index (χ3n) is 4.24. The molecule has 2 aromatic carbocycles. The molecule has 1 amide bonds. The molecule has 0 aliphatic heterocycles. The largest absolute Gasteiger partial charge is 0.480 e. The molecule has 2 N–H and O–H groups in total. The summed E-state index contributed by atoms with van der Waals surface area (Å²) in [5.41, 5.74) is 4.68. The van der Waals surface area contributed by atoms with Crippen LogP contribution in [0.2, 0.25) is 0 Å². The maximum atomic E-state index is 12.3. The van der Waals surface area contributed by atoms with Gasteiger partial charge in [0.05, 0.1) is 0 Å². The van der Waals surface area contributed by atoms with Crippen molar-refractivity contribution in [2.75, 3.05) is 0 Å². The Morgan fingerprint density at radius 1 is 1.17 bits per heavy atom. The standard InChI is InChI=1S/C20H19NO3/c1-13-5-4-7-16(11-13)19(22)21-18(20(23)24)12-15-10-9-14-6-2-3-8-17(14)15/h2-8,10-11,18H,9,12H2,1H3,(H,21,22)(H,23,24)/t18-/m1/s1. The molecule has 0 saturated carbocycles. The minimum absolute atomic E-state index is 0.282. The summed E-state index contributed by atoms with van der Waals surface area (Å²) in [7, 11) is 0. The Labute approximate surface area is 140 Å². The van der Waals surface area contributed by atoms with Gasteiger partial charge in [0.15, 0.2) is 0 Å². The Bertz CT molecular complexity index is 823. The fraction of sp³-hybridized carbons (Fsp3) is 0.200. The van der Waals surface area contributed by atoms with E-state index in [9.17, 15) is 14.7 Å². The lowest BCUT2D eigenvalue weighted by molar-refractivity contribution is -0.139. The number of aryl methyl sites for hydroxylation is 1. The molecule has 1 atom stereocenters. The number of aliphatic carboxylic acids is 1. The van der Waals surface area contributed by atoms with Crippen molar-refractivity contribution < 1.29 is 14.7 Å². The summed E-state index contributed by atoms with van der Waals surface area (Å²) in [5.74, 6) is -1.39. The van der Waals surface area contributed by atoms with Gasteiger partial charge >= 0.3 is 5.97 Å². The normalized spacial score (nSPS) is 13.8. The Hall–Kier alpha value is -2.88. The van der Waals surface area contributed by atoms with Crippen LogP contribution in [0.25, 0.3) is 5.57 Å². The van der Waals surface area contributed by atoms with Gasteiger partial charge in [0, 0.05) is 12.0 Å². The molecule has 2 aromatic rings. The number of benzene rings is 2. The summed E-state index contributed by atoms with van der Waals surface area (Å²) in [6.45, 7) is 1.89. The highest BCUT2D eigenvalue weighted by molar-refractivity contribution is 5.97. The van der Waals surface area contributed by atoms with Crippen LogP contribution >= 0.6 is 0 Å². The van der Waals surface area contributed by atoms with E-state index in [1.54, 1.807) is 18.2 Å². The molecule has 0 saturated heterocycles. The second kappa shape index (κ2) is 6.71. The topological polar surface area (TPSA) is 66.4 Å². The molecule has 4 nitrogen and oxygen atoms in total. The molecular formula is C20H19NO3. The van der Waals surface area contributed by atoms with Crippen molar-refractivity contribution in [1.82, 2.24) is 5.32 Å². The molecule has 0 heterocycles. The van der Waals surface area contributed by atoms with Crippen LogP contribution in [0.5, 0.6) is 0 Å². The highest BCUT2D eigenvalue weighted by Gasteiger charge is 2.24. The van der Waals surface area contributed by atoms with Crippen molar-refractivity contribution in [2.45, 2.75) is 25.8 Å². The van der Waals surface area contributed by atoms with Gasteiger partial charge in [-0.2, -0.15) is 0 Å². The summed E-state index contributed by atoms with van der Waals surface area (Å²) in [6, 6.07) is 14.1. The molecule has 0 aromatic heterocycles. The number of hydrogen-bond acceptors (Lipinski definition) is 2. The molecule has 0 radical (unpaired) electrons. The zero-order valence-corrected chi connectivity index (χ0v) is 13.5. The quantitative estimate of drug-likeness (QED) is 0.888. The lowest BCUT2D eigenvalue weighted by Gasteiger charge is -2.16. The van der Waals surface area contributed by atoms with Crippen LogP contribution < -0.4 is 5.32 Å². The number of carbonyl (C=O) groups is 2. The number of rotatable bonds is 5. The van der Waals surface area contributed by atoms with Gasteiger partial charge in [0.1, 0.15) is 6.04 Å². The van der Waals surface area contributed by atoms with Crippen LogP contribution in [-0.2, 0) is 11.2 Å². The van der Waals surface area contributed by atoms with Gasteiger partial charge in [-0.3, -0.25) is 4.79 Å². The van der Waals surface area contributed by atoms with E-state index < -0.39 is 12.0 Å². The lowest BCUT2D eigenvalue weighted by Crippen LogP contribution is -2.40. The van der Waals surface area contributed by atoms with Crippen molar-refractivity contribution in [3.8, 4) is 0 Å². The van der Waals surface area contributed by atoms with Crippen molar-refractivity contribution >= 4 is 17.4 Å². The van der Waals surface area contributed by atoms with Gasteiger partial charge in [-0.15, -0.1) is 0 Å². The summed E-state index contributed by atoms with van der Waals surface area (Å²) >= 11 is 0. The zero-order valence-electron chi connectivity index (χ0n) is 13.5. The minimum Gasteiger partial charge on any atom is -0.480 e. The molecule has 24 heavy (non-hydrogen) atoms. The van der Waals surface area contributed by atoms with Gasteiger partial charge in [-0.25, -0.2) is 4.79 Å². The average molecular weight is 321 g/mol. The fourth-order valence-electron chi connectivity index (χ4n) is 3.00. The molecule has 1 aliphatic rings. The van der Waals surface area contributed by atoms with Crippen LogP contribution in [0.4, 0.5) is 0 Å². The van der Waals surface area contributed by atoms with E-state index in [1.165, 1.54) is 5.56 Å². The molecule has 4 heteroatoms. The molecular weight excluding hydrogens is 302 g/mol. The van der Waals surface area contributed by atoms with Gasteiger partial charge in [0.25, 0.3) is 5.91 Å². The Kier molecular flexibility index (Phi) is 4.47. The van der Waals surface area contributed by atoms with Gasteiger partial charge < -0.3 is 10.4 Å². The van der Waals surface area contributed by atoms with Crippen LogP contribution in [0.1, 0.15) is 33.5 Å². The first-order valence-electron chi connectivity index (χ1n) is 7.92. The number of hydrogen-bond donors (Lipinski definition) is 2. The Balaban J connectivity index is 1.75. The van der Waals surface area contributed by atoms with Crippen LogP contribution in [0, 0.1) is 6.92 Å². The third kappa shape index (κ3) is 3.38. The SMILES string of the molecule is Cc1cccc(C(=O)N[C@H](CC2=CCc3ccccc32)C(=O)O)c1. The minimum atomic E-state index is -1.03. The van der Waals surface area contributed by atoms with E-state index in [0.717, 1.165) is 23.1 Å². The summed E-state index contributed by atoms with van der Waals surface area (Å²) in [6.07, 6.45) is 3.13. The number of amides is 1. The van der Waals surface area contributed by atoms with E-state index in [1.807, 2.05) is 43.3 Å². The van der Waals surface area contributed by atoms with E-state index in [4.69, 9.17) is 0 Å². The number of nitrogens with one attached hydrogen (secondary N) is 1. The van der Waals surface area contributed by atoms with E-state index in [0.29, 0.717) is 5.56 Å². The maximum Gasteiger partial charge on any atom is 0.326 e. The fourth-order valence-corrected chi connectivity index (χ4v) is 3.00. The maximum absolute atomic E-state index is 12.3. The molecule has 0 bridgehead atoms. The first-order valence-corrected chi connectivity index (χ1v) is 7.92. The molecule has 0 fully saturated rings. The molecule has 3 rings (SSSR count). The summed E-state index contributed by atoms with van der Waals surface area (Å²) in [4.78, 5) is 23.9. The average Bonchev–Trinajstić information content (AvgIpc) is 2.97. The first kappa shape index (κ1) is 16.0. The molecule has 0 spiro atoms. The smallest absolute Gasteiger partial charge is 0.326 e. The third-order valence-corrected chi connectivity index (χ3v) is 4.24. The number of fused-ring (bicyclic) bond motifs is 1. The number of carbonyl (C=O) groups excluding carboxylic acids is 1. The predicted molar refractivity (Wildman–Crippen MR) is 92.8 cm³/mol. The van der Waals surface area contributed by atoms with Gasteiger partial charge in [0.2, 0.25) is 0 Å². The van der Waals surface area contributed by atoms with Crippen molar-refractivity contribution in [3.63, 3.8) is 0 Å². The number of carboxylic acids is 1. The first-order chi connectivity index (χ1) is 11.5. The highest BCUT2D eigenvalue weighted by Crippen LogP contribution is 2.30.